The van der Waals surface area contributed by atoms with E-state index in [1.54, 1.807) is 6.92 Å². The molecule has 0 amide bonds. The molecule has 1 rings (SSSR count). The van der Waals surface area contributed by atoms with Crippen LogP contribution in [0, 0.1) is 6.92 Å². The second-order valence-corrected chi connectivity index (χ2v) is 7.20. The summed E-state index contributed by atoms with van der Waals surface area (Å²) in [5.74, 6) is 1.14. The van der Waals surface area contributed by atoms with Crippen molar-refractivity contribution in [3.05, 3.63) is 28.2 Å². The van der Waals surface area contributed by atoms with Crippen LogP contribution in [0.1, 0.15) is 18.9 Å². The number of benzene rings is 1. The van der Waals surface area contributed by atoms with Crippen LogP contribution in [0.4, 0.5) is 0 Å². The van der Waals surface area contributed by atoms with Crippen molar-refractivity contribution in [3.63, 3.8) is 0 Å². The molecule has 5 heteroatoms. The number of ether oxygens (including phenoxy) is 1. The molecular formula is C12H17BrO3S. The van der Waals surface area contributed by atoms with E-state index in [1.807, 2.05) is 25.1 Å². The van der Waals surface area contributed by atoms with E-state index in [9.17, 15) is 8.42 Å². The highest BCUT2D eigenvalue weighted by atomic mass is 79.9. The molecule has 0 bridgehead atoms. The van der Waals surface area contributed by atoms with Gasteiger partial charge in [0, 0.05) is 5.75 Å². The molecule has 0 atom stereocenters. The average Bonchev–Trinajstić information content (AvgIpc) is 2.27. The Bertz CT molecular complexity index is 469. The largest absolute Gasteiger partial charge is 0.492 e. The van der Waals surface area contributed by atoms with E-state index >= 15 is 0 Å². The van der Waals surface area contributed by atoms with Gasteiger partial charge in [-0.3, -0.25) is 0 Å². The Morgan fingerprint density at radius 2 is 2.06 bits per heavy atom. The van der Waals surface area contributed by atoms with Crippen molar-refractivity contribution in [2.45, 2.75) is 20.3 Å². The minimum absolute atomic E-state index is 0.187. The smallest absolute Gasteiger partial charge is 0.150 e. The van der Waals surface area contributed by atoms with Gasteiger partial charge in [-0.2, -0.15) is 0 Å². The molecule has 0 aliphatic heterocycles. The second kappa shape index (κ2) is 6.40. The fourth-order valence-corrected chi connectivity index (χ4v) is 2.78. The summed E-state index contributed by atoms with van der Waals surface area (Å²) in [6.07, 6.45) is 0.524. The fourth-order valence-electron chi connectivity index (χ4n) is 1.33. The van der Waals surface area contributed by atoms with Gasteiger partial charge in [-0.1, -0.05) is 13.0 Å². The first-order valence-corrected chi connectivity index (χ1v) is 8.15. The topological polar surface area (TPSA) is 43.4 Å². The highest BCUT2D eigenvalue weighted by Gasteiger charge is 2.07. The maximum atomic E-state index is 11.3. The highest BCUT2D eigenvalue weighted by molar-refractivity contribution is 9.10. The lowest BCUT2D eigenvalue weighted by Gasteiger charge is -2.08. The number of aryl methyl sites for hydroxylation is 1. The van der Waals surface area contributed by atoms with Gasteiger partial charge in [0.1, 0.15) is 15.6 Å². The molecule has 0 unspecified atom stereocenters. The number of hydrogen-bond donors (Lipinski definition) is 0. The van der Waals surface area contributed by atoms with Crippen LogP contribution in [-0.4, -0.2) is 26.5 Å². The van der Waals surface area contributed by atoms with Crippen LogP contribution in [0.25, 0.3) is 0 Å². The van der Waals surface area contributed by atoms with Gasteiger partial charge in [0.2, 0.25) is 0 Å². The Labute approximate surface area is 111 Å². The van der Waals surface area contributed by atoms with E-state index in [4.69, 9.17) is 4.74 Å². The maximum Gasteiger partial charge on any atom is 0.150 e. The normalized spacial score (nSPS) is 11.5. The van der Waals surface area contributed by atoms with Crippen LogP contribution >= 0.6 is 15.9 Å². The summed E-state index contributed by atoms with van der Waals surface area (Å²) in [5.41, 5.74) is 1.15. The van der Waals surface area contributed by atoms with Gasteiger partial charge in [0.25, 0.3) is 0 Å². The van der Waals surface area contributed by atoms with Crippen LogP contribution in [0.5, 0.6) is 5.75 Å². The summed E-state index contributed by atoms with van der Waals surface area (Å²) >= 11 is 3.41. The van der Waals surface area contributed by atoms with Gasteiger partial charge in [-0.25, -0.2) is 8.42 Å². The molecule has 17 heavy (non-hydrogen) atoms. The first kappa shape index (κ1) is 14.5. The first-order chi connectivity index (χ1) is 7.94. The molecule has 1 aromatic rings. The monoisotopic (exact) mass is 320 g/mol. The number of sulfone groups is 1. The van der Waals surface area contributed by atoms with Gasteiger partial charge in [-0.15, -0.1) is 0 Å². The molecule has 0 aliphatic carbocycles. The summed E-state index contributed by atoms with van der Waals surface area (Å²) in [5, 5.41) is 0. The molecular weight excluding hydrogens is 304 g/mol. The minimum atomic E-state index is -2.88. The minimum Gasteiger partial charge on any atom is -0.492 e. The van der Waals surface area contributed by atoms with Crippen LogP contribution in [0.3, 0.4) is 0 Å². The number of halogens is 1. The third kappa shape index (κ3) is 5.08. The Balaban J connectivity index is 2.41. The van der Waals surface area contributed by atoms with Crippen molar-refractivity contribution in [1.82, 2.24) is 0 Å². The second-order valence-electron chi connectivity index (χ2n) is 3.87. The van der Waals surface area contributed by atoms with Crippen LogP contribution in [0.15, 0.2) is 22.7 Å². The lowest BCUT2D eigenvalue weighted by Crippen LogP contribution is -2.11. The van der Waals surface area contributed by atoms with Crippen LogP contribution in [0.2, 0.25) is 0 Å². The lowest BCUT2D eigenvalue weighted by atomic mass is 10.2. The maximum absolute atomic E-state index is 11.3. The summed E-state index contributed by atoms with van der Waals surface area (Å²) < 4.78 is 28.9. The van der Waals surface area contributed by atoms with E-state index in [-0.39, 0.29) is 11.5 Å². The highest BCUT2D eigenvalue weighted by Crippen LogP contribution is 2.25. The van der Waals surface area contributed by atoms with Crippen LogP contribution < -0.4 is 4.74 Å². The Kier molecular flexibility index (Phi) is 5.46. The summed E-state index contributed by atoms with van der Waals surface area (Å²) in [7, 11) is -2.88. The summed E-state index contributed by atoms with van der Waals surface area (Å²) in [4.78, 5) is 0. The number of hydrogen-bond acceptors (Lipinski definition) is 3. The first-order valence-electron chi connectivity index (χ1n) is 5.54. The SMILES string of the molecule is CCS(=O)(=O)CCCOc1ccc(C)cc1Br. The third-order valence-corrected chi connectivity index (χ3v) is 4.79. The van der Waals surface area contributed by atoms with Gasteiger partial charge in [0.15, 0.2) is 0 Å². The molecule has 96 valence electrons. The van der Waals surface area contributed by atoms with Crippen molar-refractivity contribution < 1.29 is 13.2 Å². The molecule has 0 radical (unpaired) electrons. The Hall–Kier alpha value is -0.550. The summed E-state index contributed by atoms with van der Waals surface area (Å²) in [6, 6.07) is 5.81. The van der Waals surface area contributed by atoms with Gasteiger partial charge in [-0.05, 0) is 47.0 Å². The predicted octanol–water partition coefficient (Wildman–Crippen LogP) is 2.96. The van der Waals surface area contributed by atoms with Gasteiger partial charge >= 0.3 is 0 Å². The molecule has 0 heterocycles. The fraction of sp³-hybridized carbons (Fsp3) is 0.500. The third-order valence-electron chi connectivity index (χ3n) is 2.38. The van der Waals surface area contributed by atoms with Crippen molar-refractivity contribution in [2.24, 2.45) is 0 Å². The van der Waals surface area contributed by atoms with E-state index in [2.05, 4.69) is 15.9 Å². The van der Waals surface area contributed by atoms with E-state index in [1.165, 1.54) is 0 Å². The van der Waals surface area contributed by atoms with Gasteiger partial charge < -0.3 is 4.74 Å². The van der Waals surface area contributed by atoms with Crippen LogP contribution in [-0.2, 0) is 9.84 Å². The Morgan fingerprint density at radius 1 is 1.35 bits per heavy atom. The van der Waals surface area contributed by atoms with Crippen molar-refractivity contribution >= 4 is 25.8 Å². The summed E-state index contributed by atoms with van der Waals surface area (Å²) in [6.45, 7) is 4.08. The zero-order valence-corrected chi connectivity index (χ0v) is 12.5. The standard InChI is InChI=1S/C12H17BrO3S/c1-3-17(14,15)8-4-7-16-12-6-5-10(2)9-11(12)13/h5-6,9H,3-4,7-8H2,1-2H3. The Morgan fingerprint density at radius 3 is 2.65 bits per heavy atom. The quantitative estimate of drug-likeness (QED) is 0.757. The molecule has 3 nitrogen and oxygen atoms in total. The van der Waals surface area contributed by atoms with E-state index < -0.39 is 9.84 Å². The zero-order valence-electron chi connectivity index (χ0n) is 10.1. The molecule has 1 aromatic carbocycles. The van der Waals surface area contributed by atoms with Gasteiger partial charge in [0.05, 0.1) is 16.8 Å². The molecule has 0 aliphatic rings. The number of rotatable bonds is 6. The molecule has 0 aromatic heterocycles. The molecule has 0 N–H and O–H groups in total. The molecule has 0 saturated heterocycles. The van der Waals surface area contributed by atoms with E-state index in [0.717, 1.165) is 15.8 Å². The lowest BCUT2D eigenvalue weighted by molar-refractivity contribution is 0.315. The van der Waals surface area contributed by atoms with Crippen molar-refractivity contribution in [1.29, 1.82) is 0 Å². The molecule has 0 spiro atoms. The zero-order chi connectivity index (χ0) is 12.9. The molecule has 0 saturated carbocycles. The van der Waals surface area contributed by atoms with E-state index in [0.29, 0.717) is 13.0 Å². The predicted molar refractivity (Wildman–Crippen MR) is 73.3 cm³/mol. The van der Waals surface area contributed by atoms with Crippen molar-refractivity contribution in [2.75, 3.05) is 18.1 Å². The van der Waals surface area contributed by atoms with Crippen molar-refractivity contribution in [3.8, 4) is 5.75 Å². The molecule has 0 fully saturated rings. The average molecular weight is 321 g/mol.